The van der Waals surface area contributed by atoms with Crippen LogP contribution in [0.4, 0.5) is 0 Å². The van der Waals surface area contributed by atoms with Crippen molar-refractivity contribution in [1.29, 1.82) is 0 Å². The van der Waals surface area contributed by atoms with Crippen LogP contribution in [0.25, 0.3) is 0 Å². The summed E-state index contributed by atoms with van der Waals surface area (Å²) in [4.78, 5) is 2.30. The highest BCUT2D eigenvalue weighted by Gasteiger charge is 2.03. The van der Waals surface area contributed by atoms with Gasteiger partial charge < -0.3 is 10.6 Å². The van der Waals surface area contributed by atoms with Crippen molar-refractivity contribution in [1.82, 2.24) is 4.90 Å². The predicted octanol–water partition coefficient (Wildman–Crippen LogP) is 2.43. The maximum atomic E-state index is 5.53. The van der Waals surface area contributed by atoms with Gasteiger partial charge in [-0.15, -0.1) is 0 Å². The monoisotopic (exact) mass is 234 g/mol. The lowest BCUT2D eigenvalue weighted by atomic mass is 9.98. The molecule has 0 saturated carbocycles. The van der Waals surface area contributed by atoms with Gasteiger partial charge in [0.05, 0.1) is 0 Å². The summed E-state index contributed by atoms with van der Waals surface area (Å²) in [7, 11) is 2.14. The van der Waals surface area contributed by atoms with Gasteiger partial charge >= 0.3 is 0 Å². The molecule has 0 radical (unpaired) electrons. The van der Waals surface area contributed by atoms with Crippen LogP contribution in [-0.2, 0) is 6.42 Å². The zero-order valence-corrected chi connectivity index (χ0v) is 11.7. The third kappa shape index (κ3) is 4.49. The van der Waals surface area contributed by atoms with E-state index < -0.39 is 0 Å². The van der Waals surface area contributed by atoms with Crippen molar-refractivity contribution >= 4 is 0 Å². The Morgan fingerprint density at radius 3 is 2.29 bits per heavy atom. The van der Waals surface area contributed by atoms with Gasteiger partial charge in [-0.2, -0.15) is 0 Å². The van der Waals surface area contributed by atoms with Crippen LogP contribution in [0.15, 0.2) is 12.1 Å². The summed E-state index contributed by atoms with van der Waals surface area (Å²) < 4.78 is 0. The van der Waals surface area contributed by atoms with Crippen molar-refractivity contribution in [3.63, 3.8) is 0 Å². The lowest BCUT2D eigenvalue weighted by Crippen LogP contribution is -2.26. The van der Waals surface area contributed by atoms with Gasteiger partial charge in [0.25, 0.3) is 0 Å². The molecule has 96 valence electrons. The minimum atomic E-state index is 0.749. The van der Waals surface area contributed by atoms with E-state index in [-0.39, 0.29) is 0 Å². The highest BCUT2D eigenvalue weighted by molar-refractivity contribution is 5.36. The molecule has 0 atom stereocenters. The molecule has 0 aliphatic carbocycles. The Balaban J connectivity index is 2.49. The van der Waals surface area contributed by atoms with E-state index in [2.05, 4.69) is 44.9 Å². The van der Waals surface area contributed by atoms with Gasteiger partial charge in [-0.25, -0.2) is 0 Å². The highest BCUT2D eigenvalue weighted by atomic mass is 15.1. The molecule has 0 aliphatic rings. The van der Waals surface area contributed by atoms with Crippen molar-refractivity contribution in [3.8, 4) is 0 Å². The number of nitrogens with two attached hydrogens (primary N) is 1. The minimum absolute atomic E-state index is 0.749. The maximum Gasteiger partial charge on any atom is 0.0102 e. The Bertz CT molecular complexity index is 358. The SMILES string of the molecule is Cc1cc(C)c(CCCN(C)CCN)cc1C. The normalized spacial score (nSPS) is 11.2. The van der Waals surface area contributed by atoms with E-state index >= 15 is 0 Å². The van der Waals surface area contributed by atoms with Crippen LogP contribution in [0.5, 0.6) is 0 Å². The molecular formula is C15H26N2. The predicted molar refractivity (Wildman–Crippen MR) is 75.5 cm³/mol. The number of nitrogens with zero attached hydrogens (tertiary/aromatic N) is 1. The quantitative estimate of drug-likeness (QED) is 0.819. The summed E-state index contributed by atoms with van der Waals surface area (Å²) in [5.41, 5.74) is 11.2. The van der Waals surface area contributed by atoms with E-state index in [4.69, 9.17) is 5.73 Å². The van der Waals surface area contributed by atoms with Gasteiger partial charge in [0, 0.05) is 13.1 Å². The van der Waals surface area contributed by atoms with Crippen LogP contribution < -0.4 is 5.73 Å². The Morgan fingerprint density at radius 1 is 1.00 bits per heavy atom. The summed E-state index contributed by atoms with van der Waals surface area (Å²) in [6, 6.07) is 4.64. The lowest BCUT2D eigenvalue weighted by molar-refractivity contribution is 0.338. The molecule has 2 nitrogen and oxygen atoms in total. The van der Waals surface area contributed by atoms with Crippen LogP contribution in [-0.4, -0.2) is 31.6 Å². The fourth-order valence-corrected chi connectivity index (χ4v) is 2.16. The summed E-state index contributed by atoms with van der Waals surface area (Å²) >= 11 is 0. The fourth-order valence-electron chi connectivity index (χ4n) is 2.16. The molecule has 1 aromatic rings. The maximum absolute atomic E-state index is 5.53. The Kier molecular flexibility index (Phi) is 5.66. The second kappa shape index (κ2) is 6.77. The lowest BCUT2D eigenvalue weighted by Gasteiger charge is -2.16. The van der Waals surface area contributed by atoms with E-state index in [1.807, 2.05) is 0 Å². The third-order valence-electron chi connectivity index (χ3n) is 3.45. The molecular weight excluding hydrogens is 208 g/mol. The van der Waals surface area contributed by atoms with E-state index in [9.17, 15) is 0 Å². The summed E-state index contributed by atoms with van der Waals surface area (Å²) in [5, 5.41) is 0. The molecule has 0 fully saturated rings. The summed E-state index contributed by atoms with van der Waals surface area (Å²) in [6.07, 6.45) is 2.38. The smallest absolute Gasteiger partial charge is 0.0102 e. The van der Waals surface area contributed by atoms with Crippen LogP contribution in [0.2, 0.25) is 0 Å². The molecule has 0 amide bonds. The topological polar surface area (TPSA) is 29.3 Å². The first-order valence-corrected chi connectivity index (χ1v) is 6.50. The first-order chi connectivity index (χ1) is 8.04. The summed E-state index contributed by atoms with van der Waals surface area (Å²) in [6.45, 7) is 9.46. The van der Waals surface area contributed by atoms with Crippen LogP contribution in [0.3, 0.4) is 0 Å². The molecule has 0 spiro atoms. The van der Waals surface area contributed by atoms with Crippen molar-refractivity contribution in [2.75, 3.05) is 26.7 Å². The molecule has 2 heteroatoms. The third-order valence-corrected chi connectivity index (χ3v) is 3.45. The minimum Gasteiger partial charge on any atom is -0.329 e. The molecule has 0 bridgehead atoms. The number of rotatable bonds is 6. The molecule has 1 rings (SSSR count). The number of hydrogen-bond donors (Lipinski definition) is 1. The van der Waals surface area contributed by atoms with Crippen molar-refractivity contribution in [3.05, 3.63) is 34.4 Å². The molecule has 1 aromatic carbocycles. The average Bonchev–Trinajstić information content (AvgIpc) is 2.26. The first-order valence-electron chi connectivity index (χ1n) is 6.50. The second-order valence-electron chi connectivity index (χ2n) is 5.06. The van der Waals surface area contributed by atoms with E-state index in [0.717, 1.165) is 19.6 Å². The molecule has 0 unspecified atom stereocenters. The van der Waals surface area contributed by atoms with Gasteiger partial charge in [0.15, 0.2) is 0 Å². The zero-order valence-electron chi connectivity index (χ0n) is 11.7. The molecule has 0 aliphatic heterocycles. The molecule has 0 heterocycles. The molecule has 0 aromatic heterocycles. The Hall–Kier alpha value is -0.860. The van der Waals surface area contributed by atoms with E-state index in [1.165, 1.54) is 35.1 Å². The Labute approximate surface area is 106 Å². The zero-order chi connectivity index (χ0) is 12.8. The highest BCUT2D eigenvalue weighted by Crippen LogP contribution is 2.16. The number of likely N-dealkylation sites (N-methyl/N-ethyl adjacent to an activating group) is 1. The van der Waals surface area contributed by atoms with Gasteiger partial charge in [-0.05, 0) is 69.5 Å². The molecule has 2 N–H and O–H groups in total. The van der Waals surface area contributed by atoms with Crippen LogP contribution >= 0.6 is 0 Å². The van der Waals surface area contributed by atoms with Crippen molar-refractivity contribution in [2.24, 2.45) is 5.73 Å². The van der Waals surface area contributed by atoms with E-state index in [1.54, 1.807) is 0 Å². The fraction of sp³-hybridized carbons (Fsp3) is 0.600. The Morgan fingerprint density at radius 2 is 1.65 bits per heavy atom. The molecule has 17 heavy (non-hydrogen) atoms. The van der Waals surface area contributed by atoms with Gasteiger partial charge in [0.2, 0.25) is 0 Å². The number of aryl methyl sites for hydroxylation is 4. The van der Waals surface area contributed by atoms with Crippen molar-refractivity contribution < 1.29 is 0 Å². The number of benzene rings is 1. The van der Waals surface area contributed by atoms with Gasteiger partial charge in [0.1, 0.15) is 0 Å². The first kappa shape index (κ1) is 14.2. The number of hydrogen-bond acceptors (Lipinski definition) is 2. The standard InChI is InChI=1S/C15H26N2/c1-12-10-14(3)15(11-13(12)2)6-5-8-17(4)9-7-16/h10-11H,5-9,16H2,1-4H3. The largest absolute Gasteiger partial charge is 0.329 e. The van der Waals surface area contributed by atoms with Gasteiger partial charge in [-0.3, -0.25) is 0 Å². The molecule has 0 saturated heterocycles. The average molecular weight is 234 g/mol. The summed E-state index contributed by atoms with van der Waals surface area (Å²) in [5.74, 6) is 0. The van der Waals surface area contributed by atoms with Gasteiger partial charge in [-0.1, -0.05) is 12.1 Å². The van der Waals surface area contributed by atoms with Crippen LogP contribution in [0.1, 0.15) is 28.7 Å². The van der Waals surface area contributed by atoms with E-state index in [0.29, 0.717) is 0 Å². The second-order valence-corrected chi connectivity index (χ2v) is 5.06. The van der Waals surface area contributed by atoms with Crippen molar-refractivity contribution in [2.45, 2.75) is 33.6 Å². The van der Waals surface area contributed by atoms with Crippen LogP contribution in [0, 0.1) is 20.8 Å².